The Labute approximate surface area is 390 Å². The van der Waals surface area contributed by atoms with Crippen molar-refractivity contribution >= 4 is 69.9 Å². The number of halogens is 4. The highest BCUT2D eigenvalue weighted by Gasteiger charge is 2.29. The SMILES string of the molecule is CCCOc1c2cc(C(C)(C)C)cc1Sc1cc(C(C)(C)C)cc(c1O)Cc1cc(C(C)(C)C)cc(c1OCCC)Sc1cc(C(C)(C)C)cc(c1O)C2.ClCCl.ClCCl. The van der Waals surface area contributed by atoms with E-state index in [1.807, 2.05) is 0 Å². The first-order chi connectivity index (χ1) is 27.8. The molecule has 0 amide bonds. The minimum atomic E-state index is -0.153. The molecule has 8 bridgehead atoms. The third-order valence-electron chi connectivity index (χ3n) is 10.1. The highest BCUT2D eigenvalue weighted by Crippen LogP contribution is 2.50. The van der Waals surface area contributed by atoms with E-state index in [9.17, 15) is 10.2 Å². The van der Waals surface area contributed by atoms with Gasteiger partial charge >= 0.3 is 0 Å². The number of alkyl halides is 4. The van der Waals surface area contributed by atoms with Crippen molar-refractivity contribution in [2.24, 2.45) is 0 Å². The van der Waals surface area contributed by atoms with E-state index in [2.05, 4.69) is 145 Å². The molecule has 0 fully saturated rings. The molecule has 0 radical (unpaired) electrons. The molecule has 4 aromatic carbocycles. The molecule has 332 valence electrons. The summed E-state index contributed by atoms with van der Waals surface area (Å²) >= 11 is 22.2. The molecule has 0 aliphatic carbocycles. The second kappa shape index (κ2) is 22.0. The Morgan fingerprint density at radius 2 is 0.700 bits per heavy atom. The van der Waals surface area contributed by atoms with Crippen LogP contribution >= 0.6 is 69.9 Å². The van der Waals surface area contributed by atoms with Gasteiger partial charge in [-0.3, -0.25) is 0 Å². The van der Waals surface area contributed by atoms with Gasteiger partial charge in [0.05, 0.1) is 43.5 Å². The van der Waals surface area contributed by atoms with Crippen LogP contribution in [0.2, 0.25) is 0 Å². The number of hydrogen-bond acceptors (Lipinski definition) is 6. The van der Waals surface area contributed by atoms with Crippen LogP contribution in [-0.2, 0) is 34.5 Å². The molecule has 0 aromatic heterocycles. The van der Waals surface area contributed by atoms with Gasteiger partial charge in [-0.15, -0.1) is 46.4 Å². The highest BCUT2D eigenvalue weighted by molar-refractivity contribution is 7.99. The summed E-state index contributed by atoms with van der Waals surface area (Å²) in [4.78, 5) is 3.55. The van der Waals surface area contributed by atoms with E-state index in [1.54, 1.807) is 23.5 Å². The smallest absolute Gasteiger partial charge is 0.136 e. The lowest BCUT2D eigenvalue weighted by molar-refractivity contribution is 0.306. The summed E-state index contributed by atoms with van der Waals surface area (Å²) in [5.74, 6) is 2.21. The van der Waals surface area contributed by atoms with E-state index < -0.39 is 0 Å². The molecule has 2 N–H and O–H groups in total. The van der Waals surface area contributed by atoms with Gasteiger partial charge in [0.2, 0.25) is 0 Å². The van der Waals surface area contributed by atoms with Crippen molar-refractivity contribution in [1.29, 1.82) is 0 Å². The fraction of sp³-hybridized carbons (Fsp3) is 0.520. The molecule has 4 aromatic rings. The van der Waals surface area contributed by atoms with Gasteiger partial charge in [-0.2, -0.15) is 0 Å². The Bertz CT molecular complexity index is 1810. The quantitative estimate of drug-likeness (QED) is 0.165. The van der Waals surface area contributed by atoms with Crippen LogP contribution in [0.3, 0.4) is 0 Å². The monoisotopic (exact) mass is 936 g/mol. The lowest BCUT2D eigenvalue weighted by Crippen LogP contribution is -2.15. The molecule has 1 aliphatic heterocycles. The number of aromatic hydroxyl groups is 2. The Hall–Kier alpha value is -2.06. The fourth-order valence-corrected chi connectivity index (χ4v) is 8.84. The molecule has 10 heteroatoms. The Morgan fingerprint density at radius 1 is 0.450 bits per heavy atom. The van der Waals surface area contributed by atoms with Crippen molar-refractivity contribution in [1.82, 2.24) is 0 Å². The third-order valence-corrected chi connectivity index (χ3v) is 12.2. The van der Waals surface area contributed by atoms with E-state index in [1.165, 1.54) is 11.1 Å². The number of fused-ring (bicyclic) bond motifs is 8. The predicted octanol–water partition coefficient (Wildman–Crippen LogP) is 16.5. The highest BCUT2D eigenvalue weighted by atomic mass is 35.5. The molecule has 1 aliphatic rings. The van der Waals surface area contributed by atoms with E-state index in [-0.39, 0.29) is 32.3 Å². The van der Waals surface area contributed by atoms with Crippen LogP contribution in [0.15, 0.2) is 68.1 Å². The lowest BCUT2D eigenvalue weighted by Gasteiger charge is -2.27. The van der Waals surface area contributed by atoms with E-state index in [4.69, 9.17) is 55.9 Å². The second-order valence-corrected chi connectivity index (χ2v) is 23.1. The maximum absolute atomic E-state index is 12.3. The lowest BCUT2D eigenvalue weighted by atomic mass is 9.83. The van der Waals surface area contributed by atoms with Gasteiger partial charge in [-0.05, 0) is 92.1 Å². The van der Waals surface area contributed by atoms with Crippen LogP contribution < -0.4 is 9.47 Å². The zero-order valence-electron chi connectivity index (χ0n) is 38.3. The zero-order valence-corrected chi connectivity index (χ0v) is 43.0. The van der Waals surface area contributed by atoms with E-state index in [0.29, 0.717) is 37.6 Å². The summed E-state index contributed by atoms with van der Waals surface area (Å²) in [5, 5.41) is 25.0. The van der Waals surface area contributed by atoms with Crippen LogP contribution in [0.1, 0.15) is 154 Å². The van der Waals surface area contributed by atoms with Gasteiger partial charge in [-0.1, -0.05) is 145 Å². The van der Waals surface area contributed by atoms with Crippen LogP contribution in [-0.4, -0.2) is 34.1 Å². The minimum Gasteiger partial charge on any atom is -0.506 e. The summed E-state index contributed by atoms with van der Waals surface area (Å²) in [7, 11) is 0. The standard InChI is InChI=1S/C48H64O4S2.2CH2Cl2/c1-15-17-51-43-31-19-29-21-33(45(3,4)5)26-38(41(29)49)54-40-28-36(48(12,13)14)24-32(44(40)52-18-16-2)20-30-22-34(46(6,7)8)25-37(42(30)50)53-39(43)27-35(23-31)47(9,10)11;2*2-1-3/h21-28,49-50H,15-20H2,1-14H3;2*1H2. The number of rotatable bonds is 6. The molecule has 0 saturated heterocycles. The first-order valence-corrected chi connectivity index (χ1v) is 24.5. The molecule has 60 heavy (non-hydrogen) atoms. The maximum atomic E-state index is 12.3. The average molecular weight is 939 g/mol. The first-order valence-electron chi connectivity index (χ1n) is 20.8. The molecule has 0 saturated carbocycles. The summed E-state index contributed by atoms with van der Waals surface area (Å²) < 4.78 is 13.4. The summed E-state index contributed by atoms with van der Waals surface area (Å²) in [6.45, 7) is 32.2. The number of benzene rings is 4. The van der Waals surface area contributed by atoms with Crippen molar-refractivity contribution in [3.05, 3.63) is 93.0 Å². The normalized spacial score (nSPS) is 13.1. The zero-order chi connectivity index (χ0) is 45.4. The summed E-state index contributed by atoms with van der Waals surface area (Å²) in [6, 6.07) is 17.7. The molecule has 0 spiro atoms. The molecule has 0 atom stereocenters. The van der Waals surface area contributed by atoms with Crippen molar-refractivity contribution < 1.29 is 19.7 Å². The molecular formula is C50H68Cl4O4S2. The van der Waals surface area contributed by atoms with Crippen molar-refractivity contribution in [3.8, 4) is 23.0 Å². The predicted molar refractivity (Wildman–Crippen MR) is 262 cm³/mol. The van der Waals surface area contributed by atoms with Crippen LogP contribution in [0.4, 0.5) is 0 Å². The molecular weight excluding hydrogens is 870 g/mol. The van der Waals surface area contributed by atoms with Gasteiger partial charge in [0.1, 0.15) is 23.0 Å². The van der Waals surface area contributed by atoms with Gasteiger partial charge < -0.3 is 19.7 Å². The van der Waals surface area contributed by atoms with Crippen molar-refractivity contribution in [2.75, 3.05) is 23.9 Å². The Balaban J connectivity index is 0.00000151. The van der Waals surface area contributed by atoms with Gasteiger partial charge in [0.15, 0.2) is 0 Å². The van der Waals surface area contributed by atoms with Gasteiger partial charge in [0.25, 0.3) is 0 Å². The fourth-order valence-electron chi connectivity index (χ4n) is 6.61. The number of phenols is 2. The summed E-state index contributed by atoms with van der Waals surface area (Å²) in [5.41, 5.74) is 7.87. The van der Waals surface area contributed by atoms with Gasteiger partial charge in [0, 0.05) is 24.0 Å². The molecule has 0 unspecified atom stereocenters. The van der Waals surface area contributed by atoms with E-state index in [0.717, 1.165) is 77.3 Å². The van der Waals surface area contributed by atoms with Gasteiger partial charge in [-0.25, -0.2) is 0 Å². The van der Waals surface area contributed by atoms with Crippen LogP contribution in [0.5, 0.6) is 23.0 Å². The third kappa shape index (κ3) is 14.0. The van der Waals surface area contributed by atoms with Crippen molar-refractivity contribution in [3.63, 3.8) is 0 Å². The Kier molecular flexibility index (Phi) is 19.2. The first kappa shape index (κ1) is 52.3. The van der Waals surface area contributed by atoms with Crippen LogP contribution in [0.25, 0.3) is 0 Å². The molecule has 4 nitrogen and oxygen atoms in total. The number of phenolic OH excluding ortho intramolecular Hbond substituents is 2. The maximum Gasteiger partial charge on any atom is 0.136 e. The largest absolute Gasteiger partial charge is 0.506 e. The minimum absolute atomic E-state index is 0.145. The average Bonchev–Trinajstić information content (AvgIpc) is 3.12. The topological polar surface area (TPSA) is 58.9 Å². The molecule has 5 rings (SSSR count). The Morgan fingerprint density at radius 3 is 0.950 bits per heavy atom. The van der Waals surface area contributed by atoms with Crippen molar-refractivity contribution in [2.45, 2.75) is 164 Å². The summed E-state index contributed by atoms with van der Waals surface area (Å²) in [6.07, 6.45) is 2.71. The number of ether oxygens (including phenoxy) is 2. The van der Waals surface area contributed by atoms with E-state index >= 15 is 0 Å². The second-order valence-electron chi connectivity index (χ2n) is 19.3. The molecule has 1 heterocycles. The number of hydrogen-bond donors (Lipinski definition) is 2. The van der Waals surface area contributed by atoms with Crippen LogP contribution in [0, 0.1) is 0 Å².